The van der Waals surface area contributed by atoms with Gasteiger partial charge in [-0.25, -0.2) is 14.0 Å². The third-order valence-electron chi connectivity index (χ3n) is 6.69. The quantitative estimate of drug-likeness (QED) is 0.275. The molecule has 0 unspecified atom stereocenters. The molecule has 3 rings (SSSR count). The lowest BCUT2D eigenvalue weighted by atomic mass is 9.91. The first-order chi connectivity index (χ1) is 17.3. The Bertz CT molecular complexity index is 1200. The van der Waals surface area contributed by atoms with Crippen molar-refractivity contribution in [3.63, 3.8) is 0 Å². The molecule has 0 aliphatic heterocycles. The largest absolute Gasteiger partial charge is 0.478 e. The minimum absolute atomic E-state index is 0.0766. The summed E-state index contributed by atoms with van der Waals surface area (Å²) in [4.78, 5) is 23.9. The fourth-order valence-corrected chi connectivity index (χ4v) is 4.55. The van der Waals surface area contributed by atoms with E-state index in [2.05, 4.69) is 20.8 Å². The molecule has 36 heavy (non-hydrogen) atoms. The highest BCUT2D eigenvalue weighted by Gasteiger charge is 2.20. The second-order valence-corrected chi connectivity index (χ2v) is 9.34. The predicted octanol–water partition coefficient (Wildman–Crippen LogP) is 8.18. The maximum absolute atomic E-state index is 15.2. The number of aryl methyl sites for hydroxylation is 1. The molecular formula is C31H35FO4. The summed E-state index contributed by atoms with van der Waals surface area (Å²) in [5.74, 6) is -1.79. The van der Waals surface area contributed by atoms with Crippen molar-refractivity contribution >= 4 is 11.9 Å². The molecule has 0 saturated heterocycles. The zero-order chi connectivity index (χ0) is 26.2. The molecule has 0 aliphatic rings. The summed E-state index contributed by atoms with van der Waals surface area (Å²) in [6, 6.07) is 17.3. The molecule has 0 heterocycles. The monoisotopic (exact) mass is 490 g/mol. The molecule has 0 fully saturated rings. The fourth-order valence-electron chi connectivity index (χ4n) is 4.55. The van der Waals surface area contributed by atoms with Crippen LogP contribution in [0.25, 0.3) is 22.3 Å². The Labute approximate surface area is 213 Å². The van der Waals surface area contributed by atoms with Gasteiger partial charge in [-0.05, 0) is 77.8 Å². The van der Waals surface area contributed by atoms with Crippen molar-refractivity contribution in [2.24, 2.45) is 5.92 Å². The summed E-state index contributed by atoms with van der Waals surface area (Å²) in [6.07, 6.45) is 4.35. The third-order valence-corrected chi connectivity index (χ3v) is 6.69. The second-order valence-electron chi connectivity index (χ2n) is 9.34. The number of carbonyl (C=O) groups is 2. The molecule has 0 spiro atoms. The van der Waals surface area contributed by atoms with Gasteiger partial charge in [0.1, 0.15) is 5.82 Å². The summed E-state index contributed by atoms with van der Waals surface area (Å²) < 4.78 is 20.7. The van der Waals surface area contributed by atoms with Crippen molar-refractivity contribution in [1.29, 1.82) is 0 Å². The topological polar surface area (TPSA) is 63.6 Å². The van der Waals surface area contributed by atoms with Crippen LogP contribution in [0.15, 0.2) is 60.7 Å². The van der Waals surface area contributed by atoms with Gasteiger partial charge in [0.2, 0.25) is 0 Å². The van der Waals surface area contributed by atoms with E-state index < -0.39 is 17.8 Å². The zero-order valence-corrected chi connectivity index (χ0v) is 21.5. The molecule has 0 saturated carbocycles. The number of hydrogen-bond acceptors (Lipinski definition) is 3. The third kappa shape index (κ3) is 6.60. The van der Waals surface area contributed by atoms with Gasteiger partial charge in [0.25, 0.3) is 0 Å². The highest BCUT2D eigenvalue weighted by atomic mass is 19.1. The molecule has 0 amide bonds. The van der Waals surface area contributed by atoms with Gasteiger partial charge in [0.15, 0.2) is 0 Å². The van der Waals surface area contributed by atoms with E-state index in [1.54, 1.807) is 30.3 Å². The van der Waals surface area contributed by atoms with Gasteiger partial charge in [0, 0.05) is 0 Å². The maximum Gasteiger partial charge on any atom is 0.341 e. The average molecular weight is 491 g/mol. The minimum atomic E-state index is -0.987. The first-order valence-electron chi connectivity index (χ1n) is 12.7. The first kappa shape index (κ1) is 27.1. The van der Waals surface area contributed by atoms with Crippen LogP contribution in [-0.4, -0.2) is 23.1 Å². The van der Waals surface area contributed by atoms with Crippen molar-refractivity contribution in [3.05, 3.63) is 83.2 Å². The molecule has 0 aromatic heterocycles. The SMILES string of the molecule is CCCc1ccc(-c2ccc(C(=O)O)cc2)c(-c2ccc(C(=O)O[C@H](C)CC(CC)CC)c(F)c2)c1. The molecule has 1 N–H and O–H groups in total. The Morgan fingerprint density at radius 3 is 2.14 bits per heavy atom. The smallest absolute Gasteiger partial charge is 0.341 e. The Morgan fingerprint density at radius 1 is 0.889 bits per heavy atom. The zero-order valence-electron chi connectivity index (χ0n) is 21.5. The van der Waals surface area contributed by atoms with Crippen molar-refractivity contribution in [3.8, 4) is 22.3 Å². The molecule has 3 aromatic rings. The number of carbonyl (C=O) groups excluding carboxylic acids is 1. The standard InChI is InChI=1S/C31H35FO4/c1-5-8-22-9-15-26(23-10-12-24(13-11-23)30(33)34)28(18-22)25-14-16-27(29(32)19-25)31(35)36-20(4)17-21(6-2)7-3/h9-16,18-21H,5-8,17H2,1-4H3,(H,33,34)/t20-/m1/s1. The molecule has 190 valence electrons. The summed E-state index contributed by atoms with van der Waals surface area (Å²) in [5, 5.41) is 9.22. The van der Waals surface area contributed by atoms with Crippen LogP contribution in [0.3, 0.4) is 0 Å². The van der Waals surface area contributed by atoms with E-state index in [9.17, 15) is 14.7 Å². The predicted molar refractivity (Wildman–Crippen MR) is 142 cm³/mol. The number of rotatable bonds is 11. The number of benzene rings is 3. The highest BCUT2D eigenvalue weighted by Crippen LogP contribution is 2.34. The van der Waals surface area contributed by atoms with Crippen LogP contribution in [0.4, 0.5) is 4.39 Å². The van der Waals surface area contributed by atoms with Crippen LogP contribution in [0.1, 0.15) is 79.7 Å². The van der Waals surface area contributed by atoms with E-state index in [0.717, 1.165) is 54.4 Å². The Morgan fingerprint density at radius 2 is 1.56 bits per heavy atom. The molecule has 0 bridgehead atoms. The van der Waals surface area contributed by atoms with Gasteiger partial charge in [-0.3, -0.25) is 0 Å². The number of halogens is 1. The van der Waals surface area contributed by atoms with E-state index in [4.69, 9.17) is 4.74 Å². The molecular weight excluding hydrogens is 455 g/mol. The van der Waals surface area contributed by atoms with Crippen LogP contribution < -0.4 is 0 Å². The number of esters is 1. The maximum atomic E-state index is 15.2. The second kappa shape index (κ2) is 12.5. The number of carboxylic acid groups (broad SMARTS) is 1. The van der Waals surface area contributed by atoms with E-state index in [1.807, 2.05) is 25.1 Å². The molecule has 3 aromatic carbocycles. The Hall–Kier alpha value is -3.47. The van der Waals surface area contributed by atoms with E-state index in [1.165, 1.54) is 12.1 Å². The van der Waals surface area contributed by atoms with E-state index in [-0.39, 0.29) is 17.2 Å². The van der Waals surface area contributed by atoms with Gasteiger partial charge < -0.3 is 9.84 Å². The van der Waals surface area contributed by atoms with Crippen LogP contribution in [0.5, 0.6) is 0 Å². The summed E-state index contributed by atoms with van der Waals surface area (Å²) >= 11 is 0. The van der Waals surface area contributed by atoms with Crippen molar-refractivity contribution in [1.82, 2.24) is 0 Å². The van der Waals surface area contributed by atoms with Crippen LogP contribution in [0.2, 0.25) is 0 Å². The molecule has 1 atom stereocenters. The molecule has 0 aliphatic carbocycles. The Kier molecular flexibility index (Phi) is 9.40. The van der Waals surface area contributed by atoms with Gasteiger partial charge in [0.05, 0.1) is 17.2 Å². The van der Waals surface area contributed by atoms with Crippen molar-refractivity contribution < 1.29 is 23.8 Å². The van der Waals surface area contributed by atoms with Gasteiger partial charge in [-0.2, -0.15) is 0 Å². The lowest BCUT2D eigenvalue weighted by Gasteiger charge is -2.19. The molecule has 4 nitrogen and oxygen atoms in total. The first-order valence-corrected chi connectivity index (χ1v) is 12.7. The van der Waals surface area contributed by atoms with Crippen LogP contribution in [0, 0.1) is 11.7 Å². The number of aromatic carboxylic acids is 1. The number of carboxylic acids is 1. The minimum Gasteiger partial charge on any atom is -0.478 e. The molecule has 0 radical (unpaired) electrons. The lowest BCUT2D eigenvalue weighted by molar-refractivity contribution is 0.0280. The summed E-state index contributed by atoms with van der Waals surface area (Å²) in [5.41, 5.74) is 4.41. The summed E-state index contributed by atoms with van der Waals surface area (Å²) in [6.45, 7) is 8.18. The van der Waals surface area contributed by atoms with Gasteiger partial charge in [-0.1, -0.05) is 76.4 Å². The normalized spacial score (nSPS) is 11.9. The van der Waals surface area contributed by atoms with Crippen molar-refractivity contribution in [2.75, 3.05) is 0 Å². The van der Waals surface area contributed by atoms with Crippen LogP contribution >= 0.6 is 0 Å². The van der Waals surface area contributed by atoms with Gasteiger partial charge in [-0.15, -0.1) is 0 Å². The van der Waals surface area contributed by atoms with E-state index in [0.29, 0.717) is 11.5 Å². The van der Waals surface area contributed by atoms with Crippen molar-refractivity contribution in [2.45, 2.75) is 65.9 Å². The fraction of sp³-hybridized carbons (Fsp3) is 0.355. The van der Waals surface area contributed by atoms with Crippen LogP contribution in [-0.2, 0) is 11.2 Å². The summed E-state index contributed by atoms with van der Waals surface area (Å²) in [7, 11) is 0. The number of hydrogen-bond donors (Lipinski definition) is 1. The lowest BCUT2D eigenvalue weighted by Crippen LogP contribution is -2.19. The highest BCUT2D eigenvalue weighted by molar-refractivity contribution is 5.92. The van der Waals surface area contributed by atoms with E-state index >= 15 is 4.39 Å². The average Bonchev–Trinajstić information content (AvgIpc) is 2.87. The van der Waals surface area contributed by atoms with Gasteiger partial charge >= 0.3 is 11.9 Å². The number of ether oxygens (including phenoxy) is 1. The molecule has 5 heteroatoms. The Balaban J connectivity index is 1.93.